The molecule has 2 aromatic carbocycles. The van der Waals surface area contributed by atoms with Gasteiger partial charge in [0.15, 0.2) is 6.61 Å². The molecular formula is C25H31BrN2O3. The van der Waals surface area contributed by atoms with Gasteiger partial charge in [0, 0.05) is 17.1 Å². The molecule has 0 bridgehead atoms. The van der Waals surface area contributed by atoms with Crippen LogP contribution in [0.4, 0.5) is 0 Å². The van der Waals surface area contributed by atoms with Gasteiger partial charge in [-0.25, -0.2) is 0 Å². The number of hydrogen-bond donors (Lipinski definition) is 1. The van der Waals surface area contributed by atoms with Crippen molar-refractivity contribution in [3.8, 4) is 5.75 Å². The van der Waals surface area contributed by atoms with Gasteiger partial charge < -0.3 is 15.0 Å². The SMILES string of the molecule is CC[C@H](C(=O)NC1CCCC1)N(Cc1ccccc1C)C(=O)COc1ccc(Br)cc1. The second-order valence-electron chi connectivity index (χ2n) is 8.10. The maximum Gasteiger partial charge on any atom is 0.261 e. The van der Waals surface area contributed by atoms with Crippen molar-refractivity contribution in [3.63, 3.8) is 0 Å². The molecular weight excluding hydrogens is 456 g/mol. The van der Waals surface area contributed by atoms with Gasteiger partial charge in [-0.05, 0) is 61.6 Å². The van der Waals surface area contributed by atoms with Crippen molar-refractivity contribution >= 4 is 27.7 Å². The molecule has 1 aliphatic rings. The number of nitrogens with zero attached hydrogens (tertiary/aromatic N) is 1. The average Bonchev–Trinajstić information content (AvgIpc) is 3.27. The predicted molar refractivity (Wildman–Crippen MR) is 126 cm³/mol. The summed E-state index contributed by atoms with van der Waals surface area (Å²) in [6.07, 6.45) is 4.87. The molecule has 166 valence electrons. The van der Waals surface area contributed by atoms with Crippen LogP contribution in [0.5, 0.6) is 5.75 Å². The van der Waals surface area contributed by atoms with Crippen molar-refractivity contribution in [3.05, 3.63) is 64.1 Å². The van der Waals surface area contributed by atoms with Gasteiger partial charge in [-0.15, -0.1) is 0 Å². The van der Waals surface area contributed by atoms with E-state index >= 15 is 0 Å². The summed E-state index contributed by atoms with van der Waals surface area (Å²) in [6, 6.07) is 15.0. The quantitative estimate of drug-likeness (QED) is 0.542. The summed E-state index contributed by atoms with van der Waals surface area (Å²) in [5.41, 5.74) is 2.13. The number of halogens is 1. The molecule has 0 radical (unpaired) electrons. The van der Waals surface area contributed by atoms with Gasteiger partial charge in [-0.3, -0.25) is 9.59 Å². The summed E-state index contributed by atoms with van der Waals surface area (Å²) in [4.78, 5) is 28.0. The number of ether oxygens (including phenoxy) is 1. The van der Waals surface area contributed by atoms with Gasteiger partial charge in [0.05, 0.1) is 0 Å². The summed E-state index contributed by atoms with van der Waals surface area (Å²) in [5, 5.41) is 3.17. The van der Waals surface area contributed by atoms with Crippen molar-refractivity contribution in [2.75, 3.05) is 6.61 Å². The highest BCUT2D eigenvalue weighted by Gasteiger charge is 2.31. The van der Waals surface area contributed by atoms with Crippen LogP contribution in [0, 0.1) is 6.92 Å². The van der Waals surface area contributed by atoms with Gasteiger partial charge in [-0.1, -0.05) is 60.0 Å². The van der Waals surface area contributed by atoms with Gasteiger partial charge in [-0.2, -0.15) is 0 Å². The van der Waals surface area contributed by atoms with Crippen molar-refractivity contribution < 1.29 is 14.3 Å². The standard InChI is InChI=1S/C25H31BrN2O3/c1-3-23(25(30)27-21-10-6-7-11-21)28(16-19-9-5-4-8-18(19)2)24(29)17-31-22-14-12-20(26)13-15-22/h4-5,8-9,12-15,21,23H,3,6-7,10-11,16-17H2,1-2H3,(H,27,30)/t23-/m1/s1. The van der Waals surface area contributed by atoms with Gasteiger partial charge in [0.1, 0.15) is 11.8 Å². The molecule has 6 heteroatoms. The summed E-state index contributed by atoms with van der Waals surface area (Å²) in [6.45, 7) is 4.25. The van der Waals surface area contributed by atoms with Crippen LogP contribution in [0.1, 0.15) is 50.2 Å². The Morgan fingerprint density at radius 2 is 1.81 bits per heavy atom. The van der Waals surface area contributed by atoms with Crippen LogP contribution in [0.3, 0.4) is 0 Å². The molecule has 0 unspecified atom stereocenters. The highest BCUT2D eigenvalue weighted by Crippen LogP contribution is 2.21. The molecule has 0 heterocycles. The van der Waals surface area contributed by atoms with Crippen LogP contribution in [0.15, 0.2) is 53.0 Å². The van der Waals surface area contributed by atoms with E-state index in [4.69, 9.17) is 4.74 Å². The Morgan fingerprint density at radius 3 is 2.45 bits per heavy atom. The molecule has 31 heavy (non-hydrogen) atoms. The van der Waals surface area contributed by atoms with E-state index < -0.39 is 6.04 Å². The molecule has 1 saturated carbocycles. The molecule has 3 rings (SSSR count). The third-order valence-corrected chi connectivity index (χ3v) is 6.39. The summed E-state index contributed by atoms with van der Waals surface area (Å²) < 4.78 is 6.68. The van der Waals surface area contributed by atoms with Crippen LogP contribution < -0.4 is 10.1 Å². The third kappa shape index (κ3) is 6.57. The number of amides is 2. The number of hydrogen-bond acceptors (Lipinski definition) is 3. The predicted octanol–water partition coefficient (Wildman–Crippen LogP) is 5.00. The fraction of sp³-hybridized carbons (Fsp3) is 0.440. The highest BCUT2D eigenvalue weighted by atomic mass is 79.9. The van der Waals surface area contributed by atoms with Crippen LogP contribution in [0.25, 0.3) is 0 Å². The molecule has 0 aromatic heterocycles. The van der Waals surface area contributed by atoms with E-state index in [1.54, 1.807) is 4.90 Å². The second-order valence-corrected chi connectivity index (χ2v) is 9.02. The smallest absolute Gasteiger partial charge is 0.261 e. The van der Waals surface area contributed by atoms with Crippen LogP contribution in [-0.4, -0.2) is 35.4 Å². The zero-order chi connectivity index (χ0) is 22.2. The fourth-order valence-electron chi connectivity index (χ4n) is 4.02. The average molecular weight is 487 g/mol. The number of rotatable bonds is 9. The first-order valence-electron chi connectivity index (χ1n) is 11.0. The van der Waals surface area contributed by atoms with Crippen molar-refractivity contribution in [1.82, 2.24) is 10.2 Å². The first-order chi connectivity index (χ1) is 15.0. The lowest BCUT2D eigenvalue weighted by atomic mass is 10.1. The topological polar surface area (TPSA) is 58.6 Å². The van der Waals surface area contributed by atoms with E-state index in [0.717, 1.165) is 41.3 Å². The number of nitrogens with one attached hydrogen (secondary N) is 1. The minimum Gasteiger partial charge on any atom is -0.484 e. The van der Waals surface area contributed by atoms with Crippen molar-refractivity contribution in [2.45, 2.75) is 64.6 Å². The van der Waals surface area contributed by atoms with E-state index in [1.165, 1.54) is 0 Å². The van der Waals surface area contributed by atoms with Crippen LogP contribution in [-0.2, 0) is 16.1 Å². The Kier molecular flexibility index (Phi) is 8.52. The molecule has 1 aliphatic carbocycles. The Hall–Kier alpha value is -2.34. The lowest BCUT2D eigenvalue weighted by Gasteiger charge is -2.31. The van der Waals surface area contributed by atoms with E-state index in [2.05, 4.69) is 21.2 Å². The maximum absolute atomic E-state index is 13.3. The van der Waals surface area contributed by atoms with Crippen molar-refractivity contribution in [1.29, 1.82) is 0 Å². The Morgan fingerprint density at radius 1 is 1.13 bits per heavy atom. The van der Waals surface area contributed by atoms with Gasteiger partial charge >= 0.3 is 0 Å². The highest BCUT2D eigenvalue weighted by molar-refractivity contribution is 9.10. The molecule has 0 saturated heterocycles. The van der Waals surface area contributed by atoms with Gasteiger partial charge in [0.2, 0.25) is 5.91 Å². The largest absolute Gasteiger partial charge is 0.484 e. The van der Waals surface area contributed by atoms with E-state index in [1.807, 2.05) is 62.4 Å². The third-order valence-electron chi connectivity index (χ3n) is 5.87. The number of aryl methyl sites for hydroxylation is 1. The van der Waals surface area contributed by atoms with Crippen LogP contribution >= 0.6 is 15.9 Å². The molecule has 5 nitrogen and oxygen atoms in total. The normalized spacial score (nSPS) is 14.8. The number of carbonyl (C=O) groups excluding carboxylic acids is 2. The van der Waals surface area contributed by atoms with Crippen molar-refractivity contribution in [2.24, 2.45) is 0 Å². The van der Waals surface area contributed by atoms with E-state index in [9.17, 15) is 9.59 Å². The molecule has 2 amide bonds. The molecule has 0 aliphatic heterocycles. The molecule has 1 atom stereocenters. The second kappa shape index (κ2) is 11.3. The lowest BCUT2D eigenvalue weighted by Crippen LogP contribution is -2.52. The number of carbonyl (C=O) groups is 2. The molecule has 1 fully saturated rings. The molecule has 2 aromatic rings. The molecule has 1 N–H and O–H groups in total. The van der Waals surface area contributed by atoms with E-state index in [0.29, 0.717) is 18.7 Å². The van der Waals surface area contributed by atoms with Gasteiger partial charge in [0.25, 0.3) is 5.91 Å². The summed E-state index contributed by atoms with van der Waals surface area (Å²) in [7, 11) is 0. The molecule has 0 spiro atoms. The first-order valence-corrected chi connectivity index (χ1v) is 11.8. The fourth-order valence-corrected chi connectivity index (χ4v) is 4.28. The monoisotopic (exact) mass is 486 g/mol. The first kappa shape index (κ1) is 23.3. The zero-order valence-electron chi connectivity index (χ0n) is 18.3. The summed E-state index contributed by atoms with van der Waals surface area (Å²) >= 11 is 3.40. The zero-order valence-corrected chi connectivity index (χ0v) is 19.9. The Bertz CT molecular complexity index is 879. The maximum atomic E-state index is 13.3. The van der Waals surface area contributed by atoms with E-state index in [-0.39, 0.29) is 24.5 Å². The minimum atomic E-state index is -0.527. The Labute approximate surface area is 193 Å². The Balaban J connectivity index is 1.76. The van der Waals surface area contributed by atoms with Crippen LogP contribution in [0.2, 0.25) is 0 Å². The summed E-state index contributed by atoms with van der Waals surface area (Å²) in [5.74, 6) is 0.357. The lowest BCUT2D eigenvalue weighted by molar-refractivity contribution is -0.143. The number of benzene rings is 2. The minimum absolute atomic E-state index is 0.0695.